The quantitative estimate of drug-likeness (QED) is 0.0477. The van der Waals surface area contributed by atoms with E-state index in [0.29, 0.717) is 0 Å². The van der Waals surface area contributed by atoms with Gasteiger partial charge in [-0.05, 0) is 11.6 Å². The molecular formula is C35H11Cl3F4N18Na2O10. The van der Waals surface area contributed by atoms with E-state index in [0.717, 1.165) is 48.5 Å². The molecule has 72 heavy (non-hydrogen) atoms. The van der Waals surface area contributed by atoms with Crippen molar-refractivity contribution in [2.45, 2.75) is 0 Å². The molecule has 4 aromatic carbocycles. The number of nitrogens with one attached hydrogen (secondary N) is 3. The number of nitriles is 3. The number of fused-ring (bicyclic) bond motifs is 4. The minimum absolute atomic E-state index is 0. The minimum Gasteiger partial charge on any atom is -0.623 e. The summed E-state index contributed by atoms with van der Waals surface area (Å²) in [7, 11) is 0. The fraction of sp³-hybridized carbons (Fsp3) is 0. The van der Waals surface area contributed by atoms with Gasteiger partial charge in [0.05, 0.1) is 64.5 Å². The van der Waals surface area contributed by atoms with Gasteiger partial charge in [-0.1, -0.05) is 40.3 Å². The van der Waals surface area contributed by atoms with E-state index in [1.165, 1.54) is 12.4 Å². The summed E-state index contributed by atoms with van der Waals surface area (Å²) in [6, 6.07) is 6.88. The van der Waals surface area contributed by atoms with E-state index < -0.39 is 82.3 Å². The Morgan fingerprint density at radius 2 is 0.944 bits per heavy atom. The predicted octanol–water partition coefficient (Wildman–Crippen LogP) is -0.378. The molecule has 4 aromatic heterocycles. The molecule has 8 aromatic rings. The van der Waals surface area contributed by atoms with Gasteiger partial charge in [-0.15, -0.1) is 5.52 Å². The molecule has 3 N–H and O–H groups in total. The topological polar surface area (TPSA) is 423 Å². The van der Waals surface area contributed by atoms with Gasteiger partial charge >= 0.3 is 81.9 Å². The third-order valence-electron chi connectivity index (χ3n) is 8.08. The van der Waals surface area contributed by atoms with Crippen LogP contribution in [0, 0.1) is 98.1 Å². The molecule has 8 rings (SSSR count). The molecule has 0 amide bonds. The third kappa shape index (κ3) is 13.8. The summed E-state index contributed by atoms with van der Waals surface area (Å²) in [4.78, 5) is 92.4. The van der Waals surface area contributed by atoms with E-state index in [9.17, 15) is 67.6 Å². The first kappa shape index (κ1) is 58.2. The molecule has 0 fully saturated rings. The number of hydrogen-bond acceptors (Lipinski definition) is 21. The Labute approximate surface area is 450 Å². The molecule has 0 saturated carbocycles. The standard InChI is InChI=1S/C9H3ClFN5O2.C9H4FN5O3.C9H3FN5O3.C8H2Cl2FN3O2.2Na/c10-8-9(13-3-12)15-5-1-4(11)7(16(17)18)2-6(5)14-8;2*10-4-1-5-6(2-7(4)15(17)18)14-9(16)8(13-5)12-3-11;9-7-8(10)13-5-2-6(14(15)16)3(11)1-4(5)12-7;;/h1-2H,(H,13,15);1-2H,(H,12,13)(H,14,16);1-2H,(H-,12,13,14,16);1-2H;;/q;;-1;;2*+1/p-1. The average Bonchev–Trinajstić information content (AvgIpc) is 3.28. The van der Waals surface area contributed by atoms with Gasteiger partial charge in [-0.2, -0.15) is 33.3 Å². The van der Waals surface area contributed by atoms with Crippen molar-refractivity contribution < 1.29 is 96.4 Å². The molecule has 0 unspecified atom stereocenters. The smallest absolute Gasteiger partial charge is 0.623 e. The Kier molecular flexibility index (Phi) is 20.3. The molecule has 352 valence electrons. The van der Waals surface area contributed by atoms with Crippen LogP contribution in [0.15, 0.2) is 63.1 Å². The first-order valence-electron chi connectivity index (χ1n) is 17.5. The van der Waals surface area contributed by atoms with Crippen molar-refractivity contribution in [2.24, 2.45) is 4.99 Å². The Morgan fingerprint density at radius 3 is 1.43 bits per heavy atom. The van der Waals surface area contributed by atoms with Gasteiger partial charge in [0.25, 0.3) is 5.56 Å². The van der Waals surface area contributed by atoms with Gasteiger partial charge in [-0.3, -0.25) is 55.9 Å². The summed E-state index contributed by atoms with van der Waals surface area (Å²) in [5.41, 5.74) is -4.97. The maximum absolute atomic E-state index is 13.4. The van der Waals surface area contributed by atoms with Crippen LogP contribution >= 0.6 is 34.8 Å². The van der Waals surface area contributed by atoms with Crippen molar-refractivity contribution in [3.63, 3.8) is 0 Å². The fourth-order valence-electron chi connectivity index (χ4n) is 5.16. The van der Waals surface area contributed by atoms with Gasteiger partial charge in [-0.25, -0.2) is 24.9 Å². The zero-order valence-corrected chi connectivity index (χ0v) is 41.3. The van der Waals surface area contributed by atoms with Gasteiger partial charge in [0.15, 0.2) is 33.7 Å². The normalized spacial score (nSPS) is 10.2. The summed E-state index contributed by atoms with van der Waals surface area (Å²) >= 11 is 16.9. The van der Waals surface area contributed by atoms with Gasteiger partial charge in [0.1, 0.15) is 0 Å². The van der Waals surface area contributed by atoms with Gasteiger partial charge in [0, 0.05) is 42.5 Å². The number of nitrogens with zero attached hydrogens (tertiary/aromatic N) is 15. The molecule has 0 aliphatic heterocycles. The van der Waals surface area contributed by atoms with E-state index >= 15 is 0 Å². The molecule has 37 heteroatoms. The molecule has 0 atom stereocenters. The number of halogens is 7. The van der Waals surface area contributed by atoms with Crippen LogP contribution in [-0.2, 0) is 0 Å². The van der Waals surface area contributed by atoms with Crippen molar-refractivity contribution in [3.05, 3.63) is 154 Å². The molecular weight excluding hydrogens is 1060 g/mol. The average molecular weight is 1070 g/mol. The first-order valence-corrected chi connectivity index (χ1v) is 18.6. The Hall–Kier alpha value is -8.10. The second-order valence-electron chi connectivity index (χ2n) is 12.3. The van der Waals surface area contributed by atoms with E-state index in [-0.39, 0.29) is 130 Å². The number of aromatic nitrogens is 8. The number of H-pyrrole nitrogens is 1. The zero-order chi connectivity index (χ0) is 51.7. The number of nitro benzene ring substituents is 4. The van der Waals surface area contributed by atoms with E-state index in [1.807, 2.05) is 5.32 Å². The molecule has 4 heterocycles. The van der Waals surface area contributed by atoms with Gasteiger partial charge < -0.3 is 24.7 Å². The van der Waals surface area contributed by atoms with E-state index in [1.54, 1.807) is 6.19 Å². The summed E-state index contributed by atoms with van der Waals surface area (Å²) in [6.07, 6.45) is 4.45. The second-order valence-corrected chi connectivity index (χ2v) is 13.4. The second kappa shape index (κ2) is 25.1. The number of rotatable bonds is 6. The molecule has 0 aliphatic rings. The molecule has 0 bridgehead atoms. The van der Waals surface area contributed by atoms with Crippen LogP contribution < -0.4 is 96.3 Å². The summed E-state index contributed by atoms with van der Waals surface area (Å²) in [5.74, 6) is -4.56. The maximum atomic E-state index is 13.4. The van der Waals surface area contributed by atoms with Crippen LogP contribution in [0.1, 0.15) is 0 Å². The van der Waals surface area contributed by atoms with Crippen LogP contribution in [0.4, 0.5) is 51.9 Å². The van der Waals surface area contributed by atoms with Crippen molar-refractivity contribution in [2.75, 3.05) is 10.6 Å². The molecule has 0 radical (unpaired) electrons. The van der Waals surface area contributed by atoms with Crippen LogP contribution in [0.5, 0.6) is 0 Å². The molecule has 28 nitrogen and oxygen atoms in total. The molecule has 0 saturated heterocycles. The maximum Gasteiger partial charge on any atom is 1.00 e. The first-order chi connectivity index (χ1) is 33.1. The fourth-order valence-corrected chi connectivity index (χ4v) is 5.60. The van der Waals surface area contributed by atoms with Crippen LogP contribution in [0.25, 0.3) is 44.1 Å². The van der Waals surface area contributed by atoms with E-state index in [2.05, 4.69) is 50.2 Å². The van der Waals surface area contributed by atoms with Crippen LogP contribution in [-0.4, -0.2) is 49.6 Å². The molecule has 0 aliphatic carbocycles. The van der Waals surface area contributed by atoms with Crippen molar-refractivity contribution in [1.82, 2.24) is 39.9 Å². The number of hydrogen-bond donors (Lipinski definition) is 3. The third-order valence-corrected chi connectivity index (χ3v) is 8.96. The van der Waals surface area contributed by atoms with Crippen LogP contribution in [0.3, 0.4) is 0 Å². The van der Waals surface area contributed by atoms with Crippen molar-refractivity contribution in [3.8, 4) is 18.6 Å². The van der Waals surface area contributed by atoms with Crippen molar-refractivity contribution >= 4 is 113 Å². The number of benzene rings is 4. The zero-order valence-electron chi connectivity index (χ0n) is 35.1. The van der Waals surface area contributed by atoms with E-state index in [4.69, 9.17) is 50.6 Å². The largest absolute Gasteiger partial charge is 1.00 e. The number of anilines is 2. The summed E-state index contributed by atoms with van der Waals surface area (Å²) in [6.45, 7) is 0. The minimum atomic E-state index is -1.11. The number of nitro groups is 4. The number of aromatic amines is 1. The monoisotopic (exact) mass is 1070 g/mol. The molecule has 0 spiro atoms. The Balaban J connectivity index is 0.000000251. The summed E-state index contributed by atoms with van der Waals surface area (Å²) in [5, 5.41) is 71.0. The summed E-state index contributed by atoms with van der Waals surface area (Å²) < 4.78 is 53.2. The SMILES string of the molecule is N#CN=c1[n-]c2cc(F)c([N+](=O)[O-])cc2[n-]c1=O.N#CNc1nc2cc(F)c([N+](=O)[O-])cc2[nH]c1=O.N#CNc1nc2cc(F)c([N+](=O)[O-])cc2nc1Cl.O=[N+]([O-])c1cc2nc(Cl)c(Cl)nc2cc1F.[Na+].[Na+]. The van der Waals surface area contributed by atoms with Crippen molar-refractivity contribution in [1.29, 1.82) is 15.8 Å². The Bertz CT molecular complexity index is 3870. The van der Waals surface area contributed by atoms with Gasteiger partial charge in [0.2, 0.25) is 29.1 Å². The predicted molar refractivity (Wildman–Crippen MR) is 229 cm³/mol. The Morgan fingerprint density at radius 1 is 0.556 bits per heavy atom. The van der Waals surface area contributed by atoms with Crippen LogP contribution in [0.2, 0.25) is 15.5 Å².